The van der Waals surface area contributed by atoms with Crippen molar-refractivity contribution in [1.82, 2.24) is 15.1 Å². The first-order valence-electron chi connectivity index (χ1n) is 7.03. The number of nitrogens with zero attached hydrogens (tertiary/aromatic N) is 2. The van der Waals surface area contributed by atoms with Crippen molar-refractivity contribution in [1.29, 1.82) is 0 Å². The highest BCUT2D eigenvalue weighted by molar-refractivity contribution is 6.31. The van der Waals surface area contributed by atoms with Gasteiger partial charge < -0.3 is 10.1 Å². The van der Waals surface area contributed by atoms with E-state index in [1.807, 2.05) is 11.7 Å². The molecule has 0 saturated carbocycles. The number of ether oxygens (including phenoxy) is 1. The number of hydrogen-bond acceptors (Lipinski definition) is 3. The second kappa shape index (κ2) is 5.81. The van der Waals surface area contributed by atoms with E-state index < -0.39 is 0 Å². The molecule has 1 aromatic heterocycles. The molecule has 5 atom stereocenters. The Hall–Kier alpha value is -0.580. The Kier molecular flexibility index (Phi) is 4.54. The van der Waals surface area contributed by atoms with E-state index in [0.717, 1.165) is 17.3 Å². The van der Waals surface area contributed by atoms with Crippen molar-refractivity contribution in [3.8, 4) is 0 Å². The van der Waals surface area contributed by atoms with Crippen molar-refractivity contribution in [3.05, 3.63) is 16.9 Å². The number of rotatable bonds is 4. The van der Waals surface area contributed by atoms with Gasteiger partial charge >= 0.3 is 0 Å². The fourth-order valence-electron chi connectivity index (χ4n) is 3.27. The smallest absolute Gasteiger partial charge is 0.0834 e. The van der Waals surface area contributed by atoms with Gasteiger partial charge in [0.25, 0.3) is 0 Å². The fourth-order valence-corrected chi connectivity index (χ4v) is 3.56. The maximum Gasteiger partial charge on any atom is 0.0834 e. The highest BCUT2D eigenvalue weighted by Gasteiger charge is 2.43. The van der Waals surface area contributed by atoms with E-state index in [-0.39, 0.29) is 18.2 Å². The lowest BCUT2D eigenvalue weighted by molar-refractivity contribution is 0.0472. The molecule has 0 amide bonds. The first-order valence-corrected chi connectivity index (χ1v) is 7.41. The molecule has 108 valence electrons. The van der Waals surface area contributed by atoms with Gasteiger partial charge in [-0.05, 0) is 26.3 Å². The highest BCUT2D eigenvalue weighted by Crippen LogP contribution is 2.41. The quantitative estimate of drug-likeness (QED) is 0.925. The molecule has 0 spiro atoms. The first-order chi connectivity index (χ1) is 8.97. The maximum absolute atomic E-state index is 6.32. The Balaban J connectivity index is 2.35. The van der Waals surface area contributed by atoms with Gasteiger partial charge in [-0.15, -0.1) is 0 Å². The van der Waals surface area contributed by atoms with Gasteiger partial charge in [0, 0.05) is 13.0 Å². The molecule has 2 heterocycles. The molecule has 4 nitrogen and oxygen atoms in total. The van der Waals surface area contributed by atoms with Crippen LogP contribution in [-0.4, -0.2) is 28.5 Å². The predicted molar refractivity (Wildman–Crippen MR) is 77.3 cm³/mol. The molecule has 1 aromatic rings. The molecule has 1 N–H and O–H groups in total. The summed E-state index contributed by atoms with van der Waals surface area (Å²) in [6.45, 7) is 9.57. The molecule has 2 rings (SSSR count). The normalized spacial score (nSPS) is 32.7. The van der Waals surface area contributed by atoms with Crippen LogP contribution < -0.4 is 5.32 Å². The average Bonchev–Trinajstić information content (AvgIpc) is 2.79. The van der Waals surface area contributed by atoms with Crippen molar-refractivity contribution in [2.45, 2.75) is 45.9 Å². The highest BCUT2D eigenvalue weighted by atomic mass is 35.5. The Bertz CT molecular complexity index is 415. The minimum Gasteiger partial charge on any atom is -0.375 e. The van der Waals surface area contributed by atoms with Gasteiger partial charge in [0.15, 0.2) is 0 Å². The molecule has 5 unspecified atom stereocenters. The Morgan fingerprint density at radius 3 is 2.53 bits per heavy atom. The molecule has 1 fully saturated rings. The lowest BCUT2D eigenvalue weighted by Gasteiger charge is -2.30. The second-order valence-corrected chi connectivity index (χ2v) is 5.93. The summed E-state index contributed by atoms with van der Waals surface area (Å²) in [5.74, 6) is 0.896. The van der Waals surface area contributed by atoms with E-state index in [1.54, 1.807) is 6.20 Å². The van der Waals surface area contributed by atoms with Gasteiger partial charge in [-0.25, -0.2) is 0 Å². The van der Waals surface area contributed by atoms with Crippen LogP contribution in [0.1, 0.15) is 39.4 Å². The van der Waals surface area contributed by atoms with Crippen LogP contribution in [0.5, 0.6) is 0 Å². The number of nitrogens with one attached hydrogen (secondary N) is 1. The van der Waals surface area contributed by atoms with Crippen LogP contribution in [0, 0.1) is 11.8 Å². The molecular weight excluding hydrogens is 262 g/mol. The third-order valence-corrected chi connectivity index (χ3v) is 4.65. The summed E-state index contributed by atoms with van der Waals surface area (Å²) in [4.78, 5) is 0. The summed E-state index contributed by atoms with van der Waals surface area (Å²) < 4.78 is 7.85. The third-order valence-electron chi connectivity index (χ3n) is 4.36. The van der Waals surface area contributed by atoms with Gasteiger partial charge in [-0.3, -0.25) is 4.68 Å². The van der Waals surface area contributed by atoms with Gasteiger partial charge in [-0.2, -0.15) is 5.10 Å². The first kappa shape index (κ1) is 14.8. The molecule has 0 radical (unpaired) electrons. The topological polar surface area (TPSA) is 39.1 Å². The lowest BCUT2D eigenvalue weighted by Crippen LogP contribution is -2.36. The number of aromatic nitrogens is 2. The zero-order chi connectivity index (χ0) is 14.2. The molecule has 0 bridgehead atoms. The van der Waals surface area contributed by atoms with Crippen molar-refractivity contribution in [2.75, 3.05) is 6.54 Å². The minimum absolute atomic E-state index is 0.181. The molecule has 5 heteroatoms. The predicted octanol–water partition coefficient (Wildman–Crippen LogP) is 2.78. The average molecular weight is 286 g/mol. The fraction of sp³-hybridized carbons (Fsp3) is 0.786. The number of aryl methyl sites for hydroxylation is 1. The minimum atomic E-state index is 0.181. The van der Waals surface area contributed by atoms with E-state index >= 15 is 0 Å². The van der Waals surface area contributed by atoms with E-state index in [4.69, 9.17) is 16.3 Å². The van der Waals surface area contributed by atoms with Gasteiger partial charge in [0.1, 0.15) is 0 Å². The lowest BCUT2D eigenvalue weighted by atomic mass is 9.82. The summed E-state index contributed by atoms with van der Waals surface area (Å²) in [6, 6.07) is 0.181. The van der Waals surface area contributed by atoms with Gasteiger partial charge in [-0.1, -0.05) is 25.4 Å². The Morgan fingerprint density at radius 2 is 2.11 bits per heavy atom. The SMILES string of the molecule is CCNC(c1c(Cl)cnn1C)C1C(C)OC(C)C1C. The molecule has 19 heavy (non-hydrogen) atoms. The zero-order valence-corrected chi connectivity index (χ0v) is 13.1. The van der Waals surface area contributed by atoms with Crippen LogP contribution in [0.4, 0.5) is 0 Å². The standard InChI is InChI=1S/C14H24ClN3O/c1-6-16-13(14-11(15)7-17-18(14)5)12-8(2)9(3)19-10(12)4/h7-10,12-13,16H,6H2,1-5H3. The van der Waals surface area contributed by atoms with Crippen LogP contribution >= 0.6 is 11.6 Å². The van der Waals surface area contributed by atoms with Crippen molar-refractivity contribution in [3.63, 3.8) is 0 Å². The van der Waals surface area contributed by atoms with E-state index in [2.05, 4.69) is 38.1 Å². The van der Waals surface area contributed by atoms with Crippen LogP contribution in [-0.2, 0) is 11.8 Å². The van der Waals surface area contributed by atoms with Crippen LogP contribution in [0.15, 0.2) is 6.20 Å². The molecular formula is C14H24ClN3O. The summed E-state index contributed by atoms with van der Waals surface area (Å²) >= 11 is 6.32. The molecule has 0 aromatic carbocycles. The van der Waals surface area contributed by atoms with Gasteiger partial charge in [0.05, 0.1) is 35.2 Å². The molecule has 1 aliphatic rings. The summed E-state index contributed by atoms with van der Waals surface area (Å²) in [7, 11) is 1.94. The maximum atomic E-state index is 6.32. The third kappa shape index (κ3) is 2.67. The molecule has 0 aliphatic carbocycles. The Labute approximate surface area is 120 Å². The zero-order valence-electron chi connectivity index (χ0n) is 12.4. The monoisotopic (exact) mass is 285 g/mol. The van der Waals surface area contributed by atoms with E-state index in [9.17, 15) is 0 Å². The number of hydrogen-bond donors (Lipinski definition) is 1. The van der Waals surface area contributed by atoms with Crippen molar-refractivity contribution in [2.24, 2.45) is 18.9 Å². The largest absolute Gasteiger partial charge is 0.375 e. The van der Waals surface area contributed by atoms with Crippen LogP contribution in [0.2, 0.25) is 5.02 Å². The van der Waals surface area contributed by atoms with E-state index in [0.29, 0.717) is 11.8 Å². The van der Waals surface area contributed by atoms with Crippen molar-refractivity contribution >= 4 is 11.6 Å². The van der Waals surface area contributed by atoms with Crippen molar-refractivity contribution < 1.29 is 4.74 Å². The molecule has 1 saturated heterocycles. The summed E-state index contributed by atoms with van der Waals surface area (Å²) in [5.41, 5.74) is 1.06. The van der Waals surface area contributed by atoms with E-state index in [1.165, 1.54) is 0 Å². The Morgan fingerprint density at radius 1 is 1.42 bits per heavy atom. The summed E-state index contributed by atoms with van der Waals surface area (Å²) in [6.07, 6.45) is 2.23. The number of halogens is 1. The van der Waals surface area contributed by atoms with Crippen LogP contribution in [0.25, 0.3) is 0 Å². The summed E-state index contributed by atoms with van der Waals surface area (Å²) in [5, 5.41) is 8.56. The van der Waals surface area contributed by atoms with Crippen LogP contribution in [0.3, 0.4) is 0 Å². The van der Waals surface area contributed by atoms with Gasteiger partial charge in [0.2, 0.25) is 0 Å². The molecule has 1 aliphatic heterocycles. The second-order valence-electron chi connectivity index (χ2n) is 5.52.